The van der Waals surface area contributed by atoms with E-state index in [1.165, 1.54) is 11.3 Å². The van der Waals surface area contributed by atoms with Crippen molar-refractivity contribution in [2.45, 2.75) is 6.42 Å². The molecule has 0 aromatic carbocycles. The zero-order valence-electron chi connectivity index (χ0n) is 6.87. The van der Waals surface area contributed by atoms with Gasteiger partial charge in [-0.15, -0.1) is 22.9 Å². The second-order valence-electron chi connectivity index (χ2n) is 2.39. The van der Waals surface area contributed by atoms with Crippen LogP contribution in [0.3, 0.4) is 0 Å². The highest BCUT2D eigenvalue weighted by Gasteiger charge is 2.08. The SMILES string of the molecule is O=C(O)c1sccc1C=CCCCl. The largest absolute Gasteiger partial charge is 0.477 e. The maximum atomic E-state index is 10.7. The van der Waals surface area contributed by atoms with Crippen molar-refractivity contribution in [1.82, 2.24) is 0 Å². The summed E-state index contributed by atoms with van der Waals surface area (Å²) in [5.41, 5.74) is 0.752. The lowest BCUT2D eigenvalue weighted by molar-refractivity contribution is 0.0702. The Hall–Kier alpha value is -0.800. The van der Waals surface area contributed by atoms with E-state index in [1.807, 2.05) is 6.08 Å². The molecule has 0 unspecified atom stereocenters. The van der Waals surface area contributed by atoms with Crippen molar-refractivity contribution in [2.75, 3.05) is 5.88 Å². The Kier molecular flexibility index (Phi) is 3.99. The summed E-state index contributed by atoms with van der Waals surface area (Å²) >= 11 is 6.71. The quantitative estimate of drug-likeness (QED) is 0.786. The molecule has 1 rings (SSSR count). The van der Waals surface area contributed by atoms with Gasteiger partial charge in [-0.25, -0.2) is 4.79 Å². The van der Waals surface area contributed by atoms with Gasteiger partial charge in [-0.05, 0) is 23.4 Å². The lowest BCUT2D eigenvalue weighted by atomic mass is 10.2. The zero-order valence-corrected chi connectivity index (χ0v) is 8.44. The van der Waals surface area contributed by atoms with Gasteiger partial charge in [0.25, 0.3) is 0 Å². The van der Waals surface area contributed by atoms with Crippen molar-refractivity contribution in [3.8, 4) is 0 Å². The van der Waals surface area contributed by atoms with Crippen LogP contribution < -0.4 is 0 Å². The lowest BCUT2D eigenvalue weighted by Gasteiger charge is -1.90. The molecule has 70 valence electrons. The van der Waals surface area contributed by atoms with E-state index < -0.39 is 5.97 Å². The van der Waals surface area contributed by atoms with E-state index in [9.17, 15) is 4.79 Å². The van der Waals surface area contributed by atoms with E-state index >= 15 is 0 Å². The number of thiophene rings is 1. The fraction of sp³-hybridized carbons (Fsp3) is 0.222. The van der Waals surface area contributed by atoms with E-state index in [0.717, 1.165) is 12.0 Å². The van der Waals surface area contributed by atoms with E-state index in [2.05, 4.69) is 0 Å². The molecule has 0 radical (unpaired) electrons. The second kappa shape index (κ2) is 5.04. The molecule has 0 aliphatic carbocycles. The van der Waals surface area contributed by atoms with Gasteiger partial charge in [-0.1, -0.05) is 12.2 Å². The van der Waals surface area contributed by atoms with Crippen molar-refractivity contribution in [2.24, 2.45) is 0 Å². The molecular formula is C9H9ClO2S. The monoisotopic (exact) mass is 216 g/mol. The van der Waals surface area contributed by atoms with Crippen molar-refractivity contribution in [1.29, 1.82) is 0 Å². The van der Waals surface area contributed by atoms with Crippen LogP contribution in [0, 0.1) is 0 Å². The van der Waals surface area contributed by atoms with E-state index in [1.54, 1.807) is 17.5 Å². The Bertz CT molecular complexity index is 317. The third-order valence-electron chi connectivity index (χ3n) is 1.46. The number of alkyl halides is 1. The highest BCUT2D eigenvalue weighted by atomic mass is 35.5. The van der Waals surface area contributed by atoms with Crippen molar-refractivity contribution in [3.63, 3.8) is 0 Å². The highest BCUT2D eigenvalue weighted by Crippen LogP contribution is 2.18. The molecule has 0 saturated heterocycles. The summed E-state index contributed by atoms with van der Waals surface area (Å²) in [5.74, 6) is -0.316. The second-order valence-corrected chi connectivity index (χ2v) is 3.68. The molecule has 0 aliphatic rings. The summed E-state index contributed by atoms with van der Waals surface area (Å²) in [5, 5.41) is 10.5. The van der Waals surface area contributed by atoms with Crippen LogP contribution in [0.1, 0.15) is 21.7 Å². The molecule has 2 nitrogen and oxygen atoms in total. The molecule has 0 bridgehead atoms. The number of halogens is 1. The summed E-state index contributed by atoms with van der Waals surface area (Å²) in [6.45, 7) is 0. The number of hydrogen-bond donors (Lipinski definition) is 1. The summed E-state index contributed by atoms with van der Waals surface area (Å²) in [6, 6.07) is 1.79. The van der Waals surface area contributed by atoms with Gasteiger partial charge in [0.05, 0.1) is 0 Å². The number of carboxylic acids is 1. The molecule has 0 spiro atoms. The average Bonchev–Trinajstić information content (AvgIpc) is 2.53. The molecule has 0 fully saturated rings. The van der Waals surface area contributed by atoms with Crippen LogP contribution in [-0.4, -0.2) is 17.0 Å². The van der Waals surface area contributed by atoms with Crippen LogP contribution in [0.25, 0.3) is 6.08 Å². The Balaban J connectivity index is 2.76. The Labute approximate surface area is 85.5 Å². The number of carboxylic acid groups (broad SMARTS) is 1. The molecule has 0 saturated carbocycles. The first-order valence-corrected chi connectivity index (χ1v) is 5.20. The summed E-state index contributed by atoms with van der Waals surface area (Å²) in [4.78, 5) is 11.0. The Morgan fingerprint density at radius 1 is 1.69 bits per heavy atom. The van der Waals surface area contributed by atoms with Gasteiger partial charge in [-0.3, -0.25) is 0 Å². The standard InChI is InChI=1S/C9H9ClO2S/c10-5-2-1-3-7-4-6-13-8(7)9(11)12/h1,3-4,6H,2,5H2,(H,11,12). The van der Waals surface area contributed by atoms with Crippen molar-refractivity contribution in [3.05, 3.63) is 28.0 Å². The molecule has 4 heteroatoms. The third-order valence-corrected chi connectivity index (χ3v) is 2.60. The molecule has 1 heterocycles. The first-order chi connectivity index (χ1) is 6.25. The van der Waals surface area contributed by atoms with Crippen LogP contribution in [0.2, 0.25) is 0 Å². The van der Waals surface area contributed by atoms with Gasteiger partial charge in [0.1, 0.15) is 4.88 Å². The van der Waals surface area contributed by atoms with Crippen LogP contribution >= 0.6 is 22.9 Å². The average molecular weight is 217 g/mol. The van der Waals surface area contributed by atoms with Crippen molar-refractivity contribution >= 4 is 35.0 Å². The number of aromatic carboxylic acids is 1. The highest BCUT2D eigenvalue weighted by molar-refractivity contribution is 7.12. The smallest absolute Gasteiger partial charge is 0.346 e. The Morgan fingerprint density at radius 3 is 3.08 bits per heavy atom. The third kappa shape index (κ3) is 2.86. The van der Waals surface area contributed by atoms with Gasteiger partial charge < -0.3 is 5.11 Å². The molecule has 1 aromatic heterocycles. The number of hydrogen-bond acceptors (Lipinski definition) is 2. The fourth-order valence-corrected chi connectivity index (χ4v) is 1.75. The maximum Gasteiger partial charge on any atom is 0.346 e. The molecule has 0 amide bonds. The topological polar surface area (TPSA) is 37.3 Å². The minimum atomic E-state index is -0.875. The predicted molar refractivity (Wildman–Crippen MR) is 55.6 cm³/mol. The van der Waals surface area contributed by atoms with Crippen molar-refractivity contribution < 1.29 is 9.90 Å². The molecule has 0 atom stereocenters. The lowest BCUT2D eigenvalue weighted by Crippen LogP contribution is -1.93. The molecule has 1 N–H and O–H groups in total. The minimum Gasteiger partial charge on any atom is -0.477 e. The normalized spacial score (nSPS) is 10.8. The zero-order chi connectivity index (χ0) is 9.68. The van der Waals surface area contributed by atoms with Gasteiger partial charge in [0.2, 0.25) is 0 Å². The van der Waals surface area contributed by atoms with Gasteiger partial charge >= 0.3 is 5.97 Å². The van der Waals surface area contributed by atoms with Gasteiger partial charge in [0, 0.05) is 5.88 Å². The van der Waals surface area contributed by atoms with E-state index in [-0.39, 0.29) is 0 Å². The van der Waals surface area contributed by atoms with Crippen LogP contribution in [0.15, 0.2) is 17.5 Å². The number of rotatable bonds is 4. The summed E-state index contributed by atoms with van der Waals surface area (Å²) < 4.78 is 0. The molecular weight excluding hydrogens is 208 g/mol. The summed E-state index contributed by atoms with van der Waals surface area (Å²) in [7, 11) is 0. The summed E-state index contributed by atoms with van der Waals surface area (Å²) in [6.07, 6.45) is 4.43. The van der Waals surface area contributed by atoms with E-state index in [4.69, 9.17) is 16.7 Å². The number of allylic oxidation sites excluding steroid dienone is 1. The first-order valence-electron chi connectivity index (χ1n) is 3.79. The fourth-order valence-electron chi connectivity index (χ4n) is 0.898. The van der Waals surface area contributed by atoms with E-state index in [0.29, 0.717) is 10.8 Å². The molecule has 1 aromatic rings. The molecule has 0 aliphatic heterocycles. The Morgan fingerprint density at radius 2 is 2.46 bits per heavy atom. The predicted octanol–water partition coefficient (Wildman–Crippen LogP) is 3.09. The van der Waals surface area contributed by atoms with Crippen LogP contribution in [-0.2, 0) is 0 Å². The minimum absolute atomic E-state index is 0.380. The van der Waals surface area contributed by atoms with Crippen LogP contribution in [0.5, 0.6) is 0 Å². The van der Waals surface area contributed by atoms with Gasteiger partial charge in [-0.2, -0.15) is 0 Å². The molecule has 13 heavy (non-hydrogen) atoms. The van der Waals surface area contributed by atoms with Gasteiger partial charge in [0.15, 0.2) is 0 Å². The van der Waals surface area contributed by atoms with Crippen LogP contribution in [0.4, 0.5) is 0 Å². The maximum absolute atomic E-state index is 10.7. The first kappa shape index (κ1) is 10.3. The number of carbonyl (C=O) groups is 1.